The lowest BCUT2D eigenvalue weighted by Gasteiger charge is -2.26. The molecule has 1 rings (SSSR count). The maximum absolute atomic E-state index is 13.4. The van der Waals surface area contributed by atoms with Gasteiger partial charge in [0.15, 0.2) is 0 Å². The minimum atomic E-state index is -1.16. The molecular weight excluding hydrogens is 305 g/mol. The largest absolute Gasteiger partial charge is 0.598 e. The van der Waals surface area contributed by atoms with Gasteiger partial charge in [0, 0.05) is 11.4 Å². The van der Waals surface area contributed by atoms with E-state index in [0.29, 0.717) is 4.47 Å². The summed E-state index contributed by atoms with van der Waals surface area (Å²) in [5.41, 5.74) is 0.781. The van der Waals surface area contributed by atoms with Gasteiger partial charge in [0.2, 0.25) is 0 Å². The Morgan fingerprint density at radius 3 is 2.47 bits per heavy atom. The number of benzene rings is 1. The number of halogens is 2. The molecule has 5 heteroatoms. The van der Waals surface area contributed by atoms with Crippen molar-refractivity contribution in [2.75, 3.05) is 0 Å². The highest BCUT2D eigenvalue weighted by molar-refractivity contribution is 9.10. The Bertz CT molecular complexity index is 395. The van der Waals surface area contributed by atoms with Gasteiger partial charge in [-0.2, -0.15) is 0 Å². The van der Waals surface area contributed by atoms with Gasteiger partial charge in [0.1, 0.15) is 10.6 Å². The van der Waals surface area contributed by atoms with Crippen LogP contribution >= 0.6 is 15.9 Å². The van der Waals surface area contributed by atoms with Crippen LogP contribution in [0.1, 0.15) is 39.3 Å². The molecule has 1 N–H and O–H groups in total. The van der Waals surface area contributed by atoms with E-state index in [-0.39, 0.29) is 16.6 Å². The molecule has 0 amide bonds. The van der Waals surface area contributed by atoms with Crippen molar-refractivity contribution in [1.82, 2.24) is 4.72 Å². The average molecular weight is 322 g/mol. The molecule has 2 atom stereocenters. The first-order chi connectivity index (χ1) is 7.71. The quantitative estimate of drug-likeness (QED) is 0.861. The highest BCUT2D eigenvalue weighted by Crippen LogP contribution is 2.23. The third-order valence-electron chi connectivity index (χ3n) is 2.28. The van der Waals surface area contributed by atoms with Crippen LogP contribution in [0, 0.1) is 5.82 Å². The molecule has 0 heterocycles. The number of nitrogens with one attached hydrogen (secondary N) is 1. The second-order valence-corrected chi connectivity index (χ2v) is 7.75. The smallest absolute Gasteiger partial charge is 0.137 e. The Morgan fingerprint density at radius 2 is 2.00 bits per heavy atom. The maximum atomic E-state index is 13.4. The van der Waals surface area contributed by atoms with E-state index in [9.17, 15) is 8.94 Å². The molecule has 0 aromatic heterocycles. The second kappa shape index (κ2) is 5.69. The highest BCUT2D eigenvalue weighted by Gasteiger charge is 2.28. The van der Waals surface area contributed by atoms with Crippen LogP contribution in [0.4, 0.5) is 4.39 Å². The molecule has 0 saturated heterocycles. The zero-order valence-corrected chi connectivity index (χ0v) is 12.8. The number of rotatable bonds is 3. The Kier molecular flexibility index (Phi) is 5.01. The van der Waals surface area contributed by atoms with E-state index in [1.54, 1.807) is 6.07 Å². The third kappa shape index (κ3) is 4.25. The maximum Gasteiger partial charge on any atom is 0.137 e. The predicted molar refractivity (Wildman–Crippen MR) is 73.5 cm³/mol. The Balaban J connectivity index is 2.76. The van der Waals surface area contributed by atoms with Crippen LogP contribution in [0.25, 0.3) is 0 Å². The summed E-state index contributed by atoms with van der Waals surface area (Å²) in [6.07, 6.45) is 0. The van der Waals surface area contributed by atoms with E-state index in [4.69, 9.17) is 0 Å². The van der Waals surface area contributed by atoms with Gasteiger partial charge in [0.25, 0.3) is 0 Å². The van der Waals surface area contributed by atoms with Gasteiger partial charge in [-0.1, -0.05) is 6.07 Å². The minimum absolute atomic E-state index is 0.155. The number of hydrogen-bond acceptors (Lipinski definition) is 2. The first-order valence-electron chi connectivity index (χ1n) is 5.35. The fraction of sp³-hybridized carbons (Fsp3) is 0.500. The summed E-state index contributed by atoms with van der Waals surface area (Å²) >= 11 is 1.94. The normalized spacial score (nSPS) is 15.7. The summed E-state index contributed by atoms with van der Waals surface area (Å²) in [5.74, 6) is -0.308. The molecule has 0 aliphatic carbocycles. The molecular formula is C12H17BrFNOS. The van der Waals surface area contributed by atoms with Gasteiger partial charge in [-0.3, -0.25) is 0 Å². The fourth-order valence-corrected chi connectivity index (χ4v) is 2.24. The molecule has 1 unspecified atom stereocenters. The van der Waals surface area contributed by atoms with Crippen molar-refractivity contribution in [2.45, 2.75) is 38.5 Å². The zero-order valence-electron chi connectivity index (χ0n) is 10.4. The van der Waals surface area contributed by atoms with Gasteiger partial charge in [-0.15, -0.1) is 4.72 Å². The van der Waals surface area contributed by atoms with E-state index in [1.807, 2.05) is 33.8 Å². The van der Waals surface area contributed by atoms with Gasteiger partial charge >= 0.3 is 0 Å². The van der Waals surface area contributed by atoms with Crippen LogP contribution < -0.4 is 4.72 Å². The van der Waals surface area contributed by atoms with Gasteiger partial charge < -0.3 is 4.55 Å². The summed E-state index contributed by atoms with van der Waals surface area (Å²) < 4.78 is 28.3. The van der Waals surface area contributed by atoms with E-state index >= 15 is 0 Å². The second-order valence-electron chi connectivity index (χ2n) is 4.89. The molecule has 0 aliphatic rings. The topological polar surface area (TPSA) is 35.1 Å². The lowest BCUT2D eigenvalue weighted by atomic mass is 10.1. The van der Waals surface area contributed by atoms with Gasteiger partial charge in [-0.05, 0) is 61.3 Å². The molecule has 1 aromatic carbocycles. The molecule has 0 radical (unpaired) electrons. The molecule has 1 aromatic rings. The highest BCUT2D eigenvalue weighted by atomic mass is 79.9. The molecule has 0 spiro atoms. The predicted octanol–water partition coefficient (Wildman–Crippen LogP) is 3.70. The molecule has 2 nitrogen and oxygen atoms in total. The molecule has 0 fully saturated rings. The van der Waals surface area contributed by atoms with Crippen molar-refractivity contribution in [3.8, 4) is 0 Å². The average Bonchev–Trinajstić information content (AvgIpc) is 2.20. The van der Waals surface area contributed by atoms with Crippen molar-refractivity contribution in [1.29, 1.82) is 0 Å². The van der Waals surface area contributed by atoms with Crippen molar-refractivity contribution in [3.05, 3.63) is 34.1 Å². The van der Waals surface area contributed by atoms with Crippen LogP contribution in [0.5, 0.6) is 0 Å². The van der Waals surface area contributed by atoms with Gasteiger partial charge in [-0.25, -0.2) is 4.39 Å². The SMILES string of the molecule is C[C@H](N[S+]([O-])C(C)(C)C)c1ccc(Br)c(F)c1. The molecule has 0 aliphatic heterocycles. The van der Waals surface area contributed by atoms with Gasteiger partial charge in [0.05, 0.1) is 10.5 Å². The Morgan fingerprint density at radius 1 is 1.41 bits per heavy atom. The Labute approximate surface area is 113 Å². The van der Waals surface area contributed by atoms with Crippen molar-refractivity contribution in [3.63, 3.8) is 0 Å². The molecule has 0 saturated carbocycles. The molecule has 96 valence electrons. The summed E-state index contributed by atoms with van der Waals surface area (Å²) in [5, 5.41) is 0. The van der Waals surface area contributed by atoms with E-state index in [1.165, 1.54) is 6.07 Å². The van der Waals surface area contributed by atoms with Crippen molar-refractivity contribution >= 4 is 27.3 Å². The number of hydrogen-bond donors (Lipinski definition) is 1. The van der Waals surface area contributed by atoms with E-state index < -0.39 is 11.4 Å². The van der Waals surface area contributed by atoms with Crippen LogP contribution in [0.3, 0.4) is 0 Å². The van der Waals surface area contributed by atoms with E-state index in [0.717, 1.165) is 5.56 Å². The zero-order chi connectivity index (χ0) is 13.2. The van der Waals surface area contributed by atoms with Crippen LogP contribution in [0.2, 0.25) is 0 Å². The van der Waals surface area contributed by atoms with Crippen molar-refractivity contribution < 1.29 is 8.94 Å². The monoisotopic (exact) mass is 321 g/mol. The first-order valence-corrected chi connectivity index (χ1v) is 7.29. The summed E-state index contributed by atoms with van der Waals surface area (Å²) in [7, 11) is 0. The minimum Gasteiger partial charge on any atom is -0.598 e. The van der Waals surface area contributed by atoms with Crippen molar-refractivity contribution in [2.24, 2.45) is 0 Å². The van der Waals surface area contributed by atoms with Crippen LogP contribution in [0.15, 0.2) is 22.7 Å². The third-order valence-corrected chi connectivity index (χ3v) is 4.61. The summed E-state index contributed by atoms with van der Waals surface area (Å²) in [6.45, 7) is 7.55. The molecule has 0 bridgehead atoms. The summed E-state index contributed by atoms with van der Waals surface area (Å²) in [4.78, 5) is 0. The van der Waals surface area contributed by atoms with E-state index in [2.05, 4.69) is 20.7 Å². The summed E-state index contributed by atoms with van der Waals surface area (Å²) in [6, 6.07) is 4.76. The Hall–Kier alpha value is -0.100. The fourth-order valence-electron chi connectivity index (χ4n) is 1.19. The standard InChI is InChI=1S/C12H17BrFNOS/c1-8(15-17(16)12(2,3)4)9-5-6-10(13)11(14)7-9/h5-8,15H,1-4H3/t8-,17?/m0/s1. The van der Waals surface area contributed by atoms with Crippen LogP contribution in [-0.2, 0) is 11.4 Å². The lowest BCUT2D eigenvalue weighted by molar-refractivity contribution is 0.530. The first kappa shape index (κ1) is 15.0. The van der Waals surface area contributed by atoms with Crippen LogP contribution in [-0.4, -0.2) is 9.30 Å². The molecule has 17 heavy (non-hydrogen) atoms. The lowest BCUT2D eigenvalue weighted by Crippen LogP contribution is -2.40.